The molecule has 7 heteroatoms. The molecule has 0 aliphatic carbocycles. The molecule has 7 nitrogen and oxygen atoms in total. The minimum absolute atomic E-state index is 0.0925. The van der Waals surface area contributed by atoms with Crippen molar-refractivity contribution in [3.63, 3.8) is 0 Å². The minimum atomic E-state index is -1.72. The van der Waals surface area contributed by atoms with E-state index in [2.05, 4.69) is 5.32 Å². The lowest BCUT2D eigenvalue weighted by Gasteiger charge is -2.47. The second-order valence-electron chi connectivity index (χ2n) is 4.26. The van der Waals surface area contributed by atoms with Crippen LogP contribution in [0.1, 0.15) is 12.8 Å². The van der Waals surface area contributed by atoms with E-state index in [1.54, 1.807) is 0 Å². The number of nitrogens with one attached hydrogen (secondary N) is 1. The molecule has 17 heavy (non-hydrogen) atoms. The van der Waals surface area contributed by atoms with E-state index < -0.39 is 36.7 Å². The summed E-state index contributed by atoms with van der Waals surface area (Å²) >= 11 is 0. The Morgan fingerprint density at radius 1 is 1.24 bits per heavy atom. The van der Waals surface area contributed by atoms with E-state index in [0.29, 0.717) is 0 Å². The van der Waals surface area contributed by atoms with Crippen molar-refractivity contribution in [1.29, 1.82) is 0 Å². The molecule has 0 saturated carbocycles. The lowest BCUT2D eigenvalue weighted by atomic mass is 9.88. The van der Waals surface area contributed by atoms with Crippen molar-refractivity contribution in [2.24, 2.45) is 0 Å². The van der Waals surface area contributed by atoms with Gasteiger partial charge in [0.25, 0.3) is 0 Å². The molecule has 1 heterocycles. The standard InChI is InChI=1S/C10H21NO6/c1-11-9-8(15)7(14)6(5-13)17-10(9,16)3-2-4-12/h6-9,11-16H,2-5H2,1H3/t6-,7-,8+,9-,10?/m1/s1. The van der Waals surface area contributed by atoms with E-state index in [-0.39, 0.29) is 19.4 Å². The van der Waals surface area contributed by atoms with Crippen LogP contribution in [0.3, 0.4) is 0 Å². The first-order chi connectivity index (χ1) is 8.00. The molecule has 1 aliphatic rings. The molecule has 6 N–H and O–H groups in total. The van der Waals surface area contributed by atoms with Gasteiger partial charge in [0.05, 0.1) is 12.6 Å². The Morgan fingerprint density at radius 2 is 1.88 bits per heavy atom. The smallest absolute Gasteiger partial charge is 0.184 e. The van der Waals surface area contributed by atoms with Gasteiger partial charge in [0.2, 0.25) is 0 Å². The van der Waals surface area contributed by atoms with Gasteiger partial charge in [-0.05, 0) is 13.5 Å². The van der Waals surface area contributed by atoms with Gasteiger partial charge in [0.1, 0.15) is 18.3 Å². The first kappa shape index (κ1) is 14.8. The molecule has 1 saturated heterocycles. The zero-order chi connectivity index (χ0) is 13.1. The first-order valence-corrected chi connectivity index (χ1v) is 5.65. The van der Waals surface area contributed by atoms with Gasteiger partial charge in [-0.3, -0.25) is 0 Å². The quantitative estimate of drug-likeness (QED) is 0.311. The van der Waals surface area contributed by atoms with Crippen LogP contribution in [-0.2, 0) is 4.74 Å². The van der Waals surface area contributed by atoms with Crippen molar-refractivity contribution < 1.29 is 30.3 Å². The van der Waals surface area contributed by atoms with Crippen LogP contribution in [0.5, 0.6) is 0 Å². The second-order valence-corrected chi connectivity index (χ2v) is 4.26. The van der Waals surface area contributed by atoms with Crippen LogP contribution < -0.4 is 5.32 Å². The molecule has 0 spiro atoms. The average molecular weight is 251 g/mol. The van der Waals surface area contributed by atoms with E-state index >= 15 is 0 Å². The van der Waals surface area contributed by atoms with Gasteiger partial charge in [-0.15, -0.1) is 0 Å². The average Bonchev–Trinajstić information content (AvgIpc) is 2.32. The van der Waals surface area contributed by atoms with Crippen molar-refractivity contribution in [1.82, 2.24) is 5.32 Å². The van der Waals surface area contributed by atoms with Crippen LogP contribution in [0, 0.1) is 0 Å². The molecule has 0 bridgehead atoms. The van der Waals surface area contributed by atoms with Crippen molar-refractivity contribution in [3.05, 3.63) is 0 Å². The van der Waals surface area contributed by atoms with Gasteiger partial charge >= 0.3 is 0 Å². The Morgan fingerprint density at radius 3 is 2.35 bits per heavy atom. The lowest BCUT2D eigenvalue weighted by Crippen LogP contribution is -2.69. The fourth-order valence-electron chi connectivity index (χ4n) is 2.18. The van der Waals surface area contributed by atoms with E-state index in [4.69, 9.17) is 14.9 Å². The molecule has 1 unspecified atom stereocenters. The summed E-state index contributed by atoms with van der Waals surface area (Å²) in [6.07, 6.45) is -3.19. The van der Waals surface area contributed by atoms with Crippen molar-refractivity contribution in [3.8, 4) is 0 Å². The predicted molar refractivity (Wildman–Crippen MR) is 58.1 cm³/mol. The zero-order valence-electron chi connectivity index (χ0n) is 9.78. The predicted octanol–water partition coefficient (Wildman–Crippen LogP) is -2.85. The number of ether oxygens (including phenoxy) is 1. The van der Waals surface area contributed by atoms with Gasteiger partial charge in [-0.2, -0.15) is 0 Å². The molecule has 1 aliphatic heterocycles. The third-order valence-electron chi connectivity index (χ3n) is 3.10. The lowest BCUT2D eigenvalue weighted by molar-refractivity contribution is -0.321. The van der Waals surface area contributed by atoms with Crippen LogP contribution in [0.15, 0.2) is 0 Å². The fraction of sp³-hybridized carbons (Fsp3) is 1.00. The summed E-state index contributed by atoms with van der Waals surface area (Å²) in [4.78, 5) is 0. The first-order valence-electron chi connectivity index (χ1n) is 5.65. The van der Waals surface area contributed by atoms with Crippen LogP contribution in [0.25, 0.3) is 0 Å². The molecular weight excluding hydrogens is 230 g/mol. The van der Waals surface area contributed by atoms with Crippen LogP contribution in [-0.4, -0.2) is 75.9 Å². The summed E-state index contributed by atoms with van der Waals surface area (Å²) < 4.78 is 5.23. The van der Waals surface area contributed by atoms with Gasteiger partial charge in [0.15, 0.2) is 5.79 Å². The maximum Gasteiger partial charge on any atom is 0.184 e. The van der Waals surface area contributed by atoms with Gasteiger partial charge in [0, 0.05) is 13.0 Å². The monoisotopic (exact) mass is 251 g/mol. The summed E-state index contributed by atoms with van der Waals surface area (Å²) in [7, 11) is 1.52. The Labute approximate surface area is 99.7 Å². The second kappa shape index (κ2) is 6.05. The van der Waals surface area contributed by atoms with Crippen molar-refractivity contribution in [2.75, 3.05) is 20.3 Å². The van der Waals surface area contributed by atoms with Gasteiger partial charge in [-0.1, -0.05) is 0 Å². The van der Waals surface area contributed by atoms with Crippen molar-refractivity contribution in [2.45, 2.75) is 43.0 Å². The topological polar surface area (TPSA) is 122 Å². The maximum absolute atomic E-state index is 10.3. The Hall–Kier alpha value is -0.280. The van der Waals surface area contributed by atoms with Crippen LogP contribution in [0.2, 0.25) is 0 Å². The highest BCUT2D eigenvalue weighted by Crippen LogP contribution is 2.31. The van der Waals surface area contributed by atoms with Crippen molar-refractivity contribution >= 4 is 0 Å². The number of likely N-dealkylation sites (N-methyl/N-ethyl adjacent to an activating group) is 1. The highest BCUT2D eigenvalue weighted by molar-refractivity contribution is 4.99. The normalized spacial score (nSPS) is 42.7. The summed E-state index contributed by atoms with van der Waals surface area (Å²) in [6, 6.07) is -0.883. The Bertz CT molecular complexity index is 241. The molecule has 5 atom stereocenters. The van der Waals surface area contributed by atoms with E-state index in [9.17, 15) is 15.3 Å². The largest absolute Gasteiger partial charge is 0.396 e. The van der Waals surface area contributed by atoms with Gasteiger partial charge in [-0.25, -0.2) is 0 Å². The zero-order valence-corrected chi connectivity index (χ0v) is 9.78. The maximum atomic E-state index is 10.3. The SMILES string of the molecule is CN[C@@H]1[C@@H](O)[C@H](O)[C@@H](CO)OC1(O)CCCO. The molecule has 1 rings (SSSR count). The summed E-state index contributed by atoms with van der Waals surface area (Å²) in [5.74, 6) is -1.72. The minimum Gasteiger partial charge on any atom is -0.396 e. The van der Waals surface area contributed by atoms with E-state index in [1.807, 2.05) is 0 Å². The van der Waals surface area contributed by atoms with E-state index in [1.165, 1.54) is 7.05 Å². The van der Waals surface area contributed by atoms with Gasteiger partial charge < -0.3 is 35.6 Å². The molecule has 102 valence electrons. The Balaban J connectivity index is 2.84. The third kappa shape index (κ3) is 2.94. The van der Waals surface area contributed by atoms with Crippen LogP contribution >= 0.6 is 0 Å². The summed E-state index contributed by atoms with van der Waals surface area (Å²) in [6.45, 7) is -0.624. The van der Waals surface area contributed by atoms with E-state index in [0.717, 1.165) is 0 Å². The molecule has 1 fully saturated rings. The Kier molecular flexibility index (Phi) is 5.26. The molecule has 0 aromatic heterocycles. The highest BCUT2D eigenvalue weighted by atomic mass is 16.6. The molecule has 0 amide bonds. The number of aliphatic hydroxyl groups excluding tert-OH is 4. The molecule has 0 aromatic carbocycles. The summed E-state index contributed by atoms with van der Waals surface area (Å²) in [5, 5.41) is 50.2. The number of rotatable bonds is 5. The number of hydrogen-bond donors (Lipinski definition) is 6. The molecule has 0 aromatic rings. The number of hydrogen-bond acceptors (Lipinski definition) is 7. The fourth-order valence-corrected chi connectivity index (χ4v) is 2.18. The number of aliphatic hydroxyl groups is 5. The third-order valence-corrected chi connectivity index (χ3v) is 3.10. The molecule has 0 radical (unpaired) electrons. The van der Waals surface area contributed by atoms with Crippen LogP contribution in [0.4, 0.5) is 0 Å². The highest BCUT2D eigenvalue weighted by Gasteiger charge is 2.51. The summed E-state index contributed by atoms with van der Waals surface area (Å²) in [5.41, 5.74) is 0. The molecular formula is C10H21NO6.